The van der Waals surface area contributed by atoms with Gasteiger partial charge in [-0.2, -0.15) is 0 Å². The summed E-state index contributed by atoms with van der Waals surface area (Å²) < 4.78 is 5.61. The van der Waals surface area contributed by atoms with Crippen LogP contribution in [0.2, 0.25) is 5.02 Å². The Balaban J connectivity index is 1.98. The van der Waals surface area contributed by atoms with Crippen LogP contribution >= 0.6 is 11.6 Å². The van der Waals surface area contributed by atoms with Crippen molar-refractivity contribution in [3.63, 3.8) is 0 Å². The first-order valence-corrected chi connectivity index (χ1v) is 7.16. The van der Waals surface area contributed by atoms with Crippen LogP contribution in [-0.4, -0.2) is 6.61 Å². The molecule has 0 heterocycles. The second-order valence-corrected chi connectivity index (χ2v) is 4.92. The van der Waals surface area contributed by atoms with Gasteiger partial charge in [-0.05, 0) is 55.0 Å². The van der Waals surface area contributed by atoms with Gasteiger partial charge in [0.2, 0.25) is 0 Å². The number of benzene rings is 2. The molecule has 2 aromatic rings. The Morgan fingerprint density at radius 3 is 2.00 bits per heavy atom. The average molecular weight is 285 g/mol. The normalized spacial score (nSPS) is 9.70. The van der Waals surface area contributed by atoms with Crippen molar-refractivity contribution < 1.29 is 4.74 Å². The molecule has 0 fully saturated rings. The molecule has 0 bridgehead atoms. The lowest BCUT2D eigenvalue weighted by atomic mass is 10.2. The third kappa shape index (κ3) is 4.64. The molecule has 0 unspecified atom stereocenters. The fourth-order valence-corrected chi connectivity index (χ4v) is 1.77. The Kier molecular flexibility index (Phi) is 5.53. The molecule has 0 aliphatic heterocycles. The average Bonchev–Trinajstić information content (AvgIpc) is 2.48. The van der Waals surface area contributed by atoms with Gasteiger partial charge in [0.1, 0.15) is 5.75 Å². The molecule has 0 saturated heterocycles. The minimum Gasteiger partial charge on any atom is -0.494 e. The van der Waals surface area contributed by atoms with Gasteiger partial charge < -0.3 is 4.74 Å². The van der Waals surface area contributed by atoms with Crippen LogP contribution in [0, 0.1) is 11.8 Å². The Bertz CT molecular complexity index is 588. The highest BCUT2D eigenvalue weighted by atomic mass is 35.5. The minimum atomic E-state index is 0.726. The zero-order valence-corrected chi connectivity index (χ0v) is 12.3. The molecule has 20 heavy (non-hydrogen) atoms. The summed E-state index contributed by atoms with van der Waals surface area (Å²) in [5, 5.41) is 0.726. The van der Waals surface area contributed by atoms with Crippen molar-refractivity contribution in [2.75, 3.05) is 6.61 Å². The number of rotatable bonds is 4. The molecule has 0 aliphatic carbocycles. The maximum Gasteiger partial charge on any atom is 0.119 e. The summed E-state index contributed by atoms with van der Waals surface area (Å²) in [5.74, 6) is 7.14. The van der Waals surface area contributed by atoms with Gasteiger partial charge in [-0.25, -0.2) is 0 Å². The van der Waals surface area contributed by atoms with Crippen molar-refractivity contribution >= 4 is 11.6 Å². The van der Waals surface area contributed by atoms with Crippen molar-refractivity contribution in [2.24, 2.45) is 0 Å². The van der Waals surface area contributed by atoms with Crippen molar-refractivity contribution in [3.05, 3.63) is 64.7 Å². The van der Waals surface area contributed by atoms with Crippen molar-refractivity contribution in [1.82, 2.24) is 0 Å². The van der Waals surface area contributed by atoms with E-state index >= 15 is 0 Å². The van der Waals surface area contributed by atoms with E-state index in [9.17, 15) is 0 Å². The summed E-state index contributed by atoms with van der Waals surface area (Å²) in [6, 6.07) is 15.4. The summed E-state index contributed by atoms with van der Waals surface area (Å²) in [6.45, 7) is 2.92. The molecule has 0 saturated carbocycles. The number of hydrogen-bond acceptors (Lipinski definition) is 1. The molecule has 0 atom stereocenters. The predicted molar refractivity (Wildman–Crippen MR) is 84.3 cm³/mol. The van der Waals surface area contributed by atoms with Crippen LogP contribution in [0.25, 0.3) is 0 Å². The number of hydrogen-bond donors (Lipinski definition) is 0. The van der Waals surface area contributed by atoms with E-state index in [0.29, 0.717) is 0 Å². The van der Waals surface area contributed by atoms with E-state index < -0.39 is 0 Å². The molecule has 0 N–H and O–H groups in total. The summed E-state index contributed by atoms with van der Waals surface area (Å²) in [6.07, 6.45) is 2.22. The maximum absolute atomic E-state index is 5.84. The van der Waals surface area contributed by atoms with Crippen LogP contribution in [0.5, 0.6) is 5.75 Å². The van der Waals surface area contributed by atoms with E-state index in [1.54, 1.807) is 0 Å². The van der Waals surface area contributed by atoms with E-state index in [-0.39, 0.29) is 0 Å². The molecule has 0 amide bonds. The van der Waals surface area contributed by atoms with Gasteiger partial charge in [-0.3, -0.25) is 0 Å². The topological polar surface area (TPSA) is 9.23 Å². The minimum absolute atomic E-state index is 0.726. The van der Waals surface area contributed by atoms with Crippen molar-refractivity contribution in [1.29, 1.82) is 0 Å². The molecular formula is C18H17ClO. The van der Waals surface area contributed by atoms with Gasteiger partial charge in [0.15, 0.2) is 0 Å². The van der Waals surface area contributed by atoms with Crippen LogP contribution in [0.3, 0.4) is 0 Å². The number of ether oxygens (including phenoxy) is 1. The third-order valence-corrected chi connectivity index (χ3v) is 3.07. The van der Waals surface area contributed by atoms with E-state index in [2.05, 4.69) is 18.8 Å². The molecule has 0 aliphatic rings. The van der Waals surface area contributed by atoms with E-state index in [4.69, 9.17) is 16.3 Å². The van der Waals surface area contributed by atoms with Gasteiger partial charge in [0.05, 0.1) is 6.61 Å². The lowest BCUT2D eigenvalue weighted by Gasteiger charge is -2.04. The standard InChI is InChI=1S/C18H17ClO/c1-2-3-14-20-18-12-8-16(9-13-18)5-4-15-6-10-17(19)11-7-15/h6-13H,2-3,14H2,1H3. The summed E-state index contributed by atoms with van der Waals surface area (Å²) in [7, 11) is 0. The molecule has 2 heteroatoms. The molecule has 102 valence electrons. The zero-order valence-electron chi connectivity index (χ0n) is 11.5. The van der Waals surface area contributed by atoms with Gasteiger partial charge in [0.25, 0.3) is 0 Å². The monoisotopic (exact) mass is 284 g/mol. The SMILES string of the molecule is CCCCOc1ccc(C#Cc2ccc(Cl)cc2)cc1. The van der Waals surface area contributed by atoms with E-state index in [1.807, 2.05) is 48.5 Å². The van der Waals surface area contributed by atoms with Gasteiger partial charge in [-0.15, -0.1) is 0 Å². The van der Waals surface area contributed by atoms with Crippen molar-refractivity contribution in [3.8, 4) is 17.6 Å². The van der Waals surface area contributed by atoms with Crippen LogP contribution in [0.1, 0.15) is 30.9 Å². The van der Waals surface area contributed by atoms with E-state index in [0.717, 1.165) is 41.3 Å². The highest BCUT2D eigenvalue weighted by Gasteiger charge is 1.93. The lowest BCUT2D eigenvalue weighted by molar-refractivity contribution is 0.309. The summed E-state index contributed by atoms with van der Waals surface area (Å²) >= 11 is 5.84. The summed E-state index contributed by atoms with van der Waals surface area (Å²) in [5.41, 5.74) is 1.93. The molecule has 2 aromatic carbocycles. The molecule has 0 spiro atoms. The molecule has 0 radical (unpaired) electrons. The van der Waals surface area contributed by atoms with Crippen LogP contribution in [-0.2, 0) is 0 Å². The number of halogens is 1. The molecular weight excluding hydrogens is 268 g/mol. The summed E-state index contributed by atoms with van der Waals surface area (Å²) in [4.78, 5) is 0. The van der Waals surface area contributed by atoms with Gasteiger partial charge in [0, 0.05) is 16.1 Å². The lowest BCUT2D eigenvalue weighted by Crippen LogP contribution is -1.95. The van der Waals surface area contributed by atoms with Crippen LogP contribution in [0.15, 0.2) is 48.5 Å². The van der Waals surface area contributed by atoms with E-state index in [1.165, 1.54) is 0 Å². The maximum atomic E-state index is 5.84. The molecule has 1 nitrogen and oxygen atoms in total. The Morgan fingerprint density at radius 2 is 1.45 bits per heavy atom. The first-order chi connectivity index (χ1) is 9.78. The molecule has 2 rings (SSSR count). The Labute approximate surface area is 125 Å². The van der Waals surface area contributed by atoms with Crippen LogP contribution in [0.4, 0.5) is 0 Å². The highest BCUT2D eigenvalue weighted by Crippen LogP contribution is 2.12. The fourth-order valence-electron chi connectivity index (χ4n) is 1.65. The second-order valence-electron chi connectivity index (χ2n) is 4.48. The van der Waals surface area contributed by atoms with Crippen LogP contribution < -0.4 is 4.74 Å². The first kappa shape index (κ1) is 14.5. The Morgan fingerprint density at radius 1 is 0.900 bits per heavy atom. The first-order valence-electron chi connectivity index (χ1n) is 6.78. The zero-order chi connectivity index (χ0) is 14.2. The highest BCUT2D eigenvalue weighted by molar-refractivity contribution is 6.30. The van der Waals surface area contributed by atoms with Gasteiger partial charge >= 0.3 is 0 Å². The predicted octanol–water partition coefficient (Wildman–Crippen LogP) is 4.92. The third-order valence-electron chi connectivity index (χ3n) is 2.82. The molecule has 0 aromatic heterocycles. The fraction of sp³-hybridized carbons (Fsp3) is 0.222. The largest absolute Gasteiger partial charge is 0.494 e. The Hall–Kier alpha value is -1.91. The quantitative estimate of drug-likeness (QED) is 0.572. The smallest absolute Gasteiger partial charge is 0.119 e. The number of unbranched alkanes of at least 4 members (excludes halogenated alkanes) is 1. The van der Waals surface area contributed by atoms with Crippen molar-refractivity contribution in [2.45, 2.75) is 19.8 Å². The second kappa shape index (κ2) is 7.62. The van der Waals surface area contributed by atoms with Gasteiger partial charge in [-0.1, -0.05) is 36.8 Å².